The highest BCUT2D eigenvalue weighted by molar-refractivity contribution is 6.09. The molecule has 0 aliphatic rings. The minimum Gasteiger partial charge on any atom is -0.481 e. The zero-order chi connectivity index (χ0) is 21.0. The molecule has 2 aromatic carbocycles. The van der Waals surface area contributed by atoms with Crippen LogP contribution in [0.15, 0.2) is 54.2 Å². The fourth-order valence-corrected chi connectivity index (χ4v) is 3.41. The number of carboxylic acids is 1. The summed E-state index contributed by atoms with van der Waals surface area (Å²) >= 11 is 0. The zero-order valence-electron chi connectivity index (χ0n) is 16.9. The predicted octanol–water partition coefficient (Wildman–Crippen LogP) is 4.93. The van der Waals surface area contributed by atoms with Crippen LogP contribution in [0.3, 0.4) is 0 Å². The van der Waals surface area contributed by atoms with Gasteiger partial charge in [-0.2, -0.15) is 0 Å². The van der Waals surface area contributed by atoms with Crippen LogP contribution in [-0.4, -0.2) is 27.7 Å². The van der Waals surface area contributed by atoms with E-state index in [-0.39, 0.29) is 18.2 Å². The average molecular weight is 394 g/mol. The molecule has 1 atom stereocenters. The van der Waals surface area contributed by atoms with E-state index < -0.39 is 11.9 Å². The standard InChI is InChI=1S/C23H26N2O4/c1-4-15(3)29-23(28)14-17(13-22(26)27)24-16-10-11-21-19(12-16)18-8-6-7-9-20(18)25(21)5-2/h6-12,14-15,24H,4-5,13H2,1-3H3,(H,26,27). The van der Waals surface area contributed by atoms with Crippen molar-refractivity contribution < 1.29 is 19.4 Å². The lowest BCUT2D eigenvalue weighted by molar-refractivity contribution is -0.142. The summed E-state index contributed by atoms with van der Waals surface area (Å²) in [6, 6.07) is 14.1. The van der Waals surface area contributed by atoms with Crippen LogP contribution >= 0.6 is 0 Å². The predicted molar refractivity (Wildman–Crippen MR) is 115 cm³/mol. The van der Waals surface area contributed by atoms with Gasteiger partial charge in [-0.05, 0) is 44.5 Å². The van der Waals surface area contributed by atoms with Crippen LogP contribution in [0.2, 0.25) is 0 Å². The van der Waals surface area contributed by atoms with E-state index in [0.717, 1.165) is 34.0 Å². The molecule has 3 aromatic rings. The normalized spacial score (nSPS) is 12.9. The quantitative estimate of drug-likeness (QED) is 0.418. The molecular formula is C23H26N2O4. The summed E-state index contributed by atoms with van der Waals surface area (Å²) in [5.41, 5.74) is 3.27. The Morgan fingerprint density at radius 2 is 1.86 bits per heavy atom. The highest BCUT2D eigenvalue weighted by Crippen LogP contribution is 2.31. The molecule has 0 aliphatic carbocycles. The van der Waals surface area contributed by atoms with Gasteiger partial charge in [-0.15, -0.1) is 0 Å². The molecule has 0 saturated carbocycles. The molecule has 0 aliphatic heterocycles. The number of aliphatic carboxylic acids is 1. The van der Waals surface area contributed by atoms with E-state index >= 15 is 0 Å². The second-order valence-electron chi connectivity index (χ2n) is 7.01. The Bertz CT molecular complexity index is 1080. The first-order valence-corrected chi connectivity index (χ1v) is 9.83. The number of carbonyl (C=O) groups is 2. The summed E-state index contributed by atoms with van der Waals surface area (Å²) in [5.74, 6) is -1.57. The smallest absolute Gasteiger partial charge is 0.332 e. The topological polar surface area (TPSA) is 80.6 Å². The van der Waals surface area contributed by atoms with Crippen LogP contribution in [0.25, 0.3) is 21.8 Å². The van der Waals surface area contributed by atoms with Crippen LogP contribution < -0.4 is 5.32 Å². The van der Waals surface area contributed by atoms with Gasteiger partial charge < -0.3 is 19.7 Å². The number of hydrogen-bond donors (Lipinski definition) is 2. The summed E-state index contributed by atoms with van der Waals surface area (Å²) in [6.07, 6.45) is 1.39. The first-order valence-electron chi connectivity index (χ1n) is 9.83. The van der Waals surface area contributed by atoms with Gasteiger partial charge in [-0.1, -0.05) is 25.1 Å². The van der Waals surface area contributed by atoms with E-state index in [2.05, 4.69) is 28.9 Å². The molecule has 1 unspecified atom stereocenters. The first-order chi connectivity index (χ1) is 13.9. The van der Waals surface area contributed by atoms with Crippen molar-refractivity contribution in [3.8, 4) is 0 Å². The van der Waals surface area contributed by atoms with Crippen molar-refractivity contribution in [3.05, 3.63) is 54.2 Å². The number of fused-ring (bicyclic) bond motifs is 3. The van der Waals surface area contributed by atoms with Gasteiger partial charge in [0.05, 0.1) is 12.5 Å². The molecule has 0 fully saturated rings. The molecule has 0 spiro atoms. The third kappa shape index (κ3) is 4.59. The number of benzene rings is 2. The van der Waals surface area contributed by atoms with Gasteiger partial charge in [0.1, 0.15) is 0 Å². The number of ether oxygens (including phenoxy) is 1. The van der Waals surface area contributed by atoms with E-state index in [1.807, 2.05) is 37.3 Å². The van der Waals surface area contributed by atoms with Crippen LogP contribution in [0.4, 0.5) is 5.69 Å². The average Bonchev–Trinajstić information content (AvgIpc) is 3.00. The fraction of sp³-hybridized carbons (Fsp3) is 0.304. The Kier molecular flexibility index (Phi) is 6.22. The van der Waals surface area contributed by atoms with Gasteiger partial charge in [0.25, 0.3) is 0 Å². The number of aromatic nitrogens is 1. The minimum absolute atomic E-state index is 0.221. The van der Waals surface area contributed by atoms with Crippen LogP contribution in [0.5, 0.6) is 0 Å². The molecule has 0 amide bonds. The molecule has 0 bridgehead atoms. The van der Waals surface area contributed by atoms with Gasteiger partial charge in [-0.3, -0.25) is 4.79 Å². The largest absolute Gasteiger partial charge is 0.481 e. The number of aryl methyl sites for hydroxylation is 1. The maximum Gasteiger partial charge on any atom is 0.332 e. The minimum atomic E-state index is -1.02. The van der Waals surface area contributed by atoms with Gasteiger partial charge in [0.15, 0.2) is 0 Å². The van der Waals surface area contributed by atoms with Crippen molar-refractivity contribution in [1.82, 2.24) is 4.57 Å². The van der Waals surface area contributed by atoms with E-state index in [0.29, 0.717) is 6.42 Å². The molecule has 2 N–H and O–H groups in total. The number of esters is 1. The van der Waals surface area contributed by atoms with Crippen molar-refractivity contribution in [3.63, 3.8) is 0 Å². The van der Waals surface area contributed by atoms with Gasteiger partial charge in [0, 0.05) is 45.8 Å². The second-order valence-corrected chi connectivity index (χ2v) is 7.01. The maximum atomic E-state index is 12.1. The number of anilines is 1. The molecule has 1 heterocycles. The van der Waals surface area contributed by atoms with E-state index in [1.54, 1.807) is 6.92 Å². The van der Waals surface area contributed by atoms with Gasteiger partial charge >= 0.3 is 11.9 Å². The van der Waals surface area contributed by atoms with Crippen molar-refractivity contribution in [2.45, 2.75) is 46.3 Å². The second kappa shape index (κ2) is 8.82. The first kappa shape index (κ1) is 20.5. The lowest BCUT2D eigenvalue weighted by Crippen LogP contribution is -2.14. The molecule has 152 valence electrons. The molecule has 6 heteroatoms. The number of carbonyl (C=O) groups excluding carboxylic acids is 1. The highest BCUT2D eigenvalue weighted by atomic mass is 16.5. The summed E-state index contributed by atoms with van der Waals surface area (Å²) < 4.78 is 7.49. The molecule has 29 heavy (non-hydrogen) atoms. The summed E-state index contributed by atoms with van der Waals surface area (Å²) in [7, 11) is 0. The number of nitrogens with one attached hydrogen (secondary N) is 1. The van der Waals surface area contributed by atoms with Crippen LogP contribution in [-0.2, 0) is 20.9 Å². The highest BCUT2D eigenvalue weighted by Gasteiger charge is 2.13. The van der Waals surface area contributed by atoms with Crippen LogP contribution in [0.1, 0.15) is 33.6 Å². The zero-order valence-corrected chi connectivity index (χ0v) is 16.9. The van der Waals surface area contributed by atoms with E-state index in [1.165, 1.54) is 6.08 Å². The Morgan fingerprint density at radius 1 is 1.14 bits per heavy atom. The Balaban J connectivity index is 1.96. The Morgan fingerprint density at radius 3 is 2.55 bits per heavy atom. The Labute approximate surface area is 169 Å². The SMILES string of the molecule is CCC(C)OC(=O)C=C(CC(=O)O)Nc1ccc2c(c1)c1ccccc1n2CC. The van der Waals surface area contributed by atoms with Crippen molar-refractivity contribution in [1.29, 1.82) is 0 Å². The maximum absolute atomic E-state index is 12.1. The van der Waals surface area contributed by atoms with E-state index in [4.69, 9.17) is 4.74 Å². The monoisotopic (exact) mass is 394 g/mol. The molecule has 0 radical (unpaired) electrons. The molecule has 3 rings (SSSR count). The van der Waals surface area contributed by atoms with Crippen molar-refractivity contribution >= 4 is 39.4 Å². The number of rotatable bonds is 8. The molecule has 1 aromatic heterocycles. The molecular weight excluding hydrogens is 368 g/mol. The number of hydrogen-bond acceptors (Lipinski definition) is 4. The lowest BCUT2D eigenvalue weighted by atomic mass is 10.1. The number of para-hydroxylation sites is 1. The van der Waals surface area contributed by atoms with Gasteiger partial charge in [0.2, 0.25) is 0 Å². The summed E-state index contributed by atoms with van der Waals surface area (Å²) in [6.45, 7) is 6.67. The summed E-state index contributed by atoms with van der Waals surface area (Å²) in [4.78, 5) is 23.3. The fourth-order valence-electron chi connectivity index (χ4n) is 3.41. The van der Waals surface area contributed by atoms with Crippen molar-refractivity contribution in [2.24, 2.45) is 0 Å². The van der Waals surface area contributed by atoms with Crippen LogP contribution in [0, 0.1) is 0 Å². The lowest BCUT2D eigenvalue weighted by Gasteiger charge is -2.12. The Hall–Kier alpha value is -3.28. The van der Waals surface area contributed by atoms with Gasteiger partial charge in [-0.25, -0.2) is 4.79 Å². The number of carboxylic acid groups (broad SMARTS) is 1. The third-order valence-corrected chi connectivity index (χ3v) is 4.92. The summed E-state index contributed by atoms with van der Waals surface area (Å²) in [5, 5.41) is 14.5. The van der Waals surface area contributed by atoms with Crippen molar-refractivity contribution in [2.75, 3.05) is 5.32 Å². The van der Waals surface area contributed by atoms with E-state index in [9.17, 15) is 14.7 Å². The molecule has 0 saturated heterocycles. The molecule has 6 nitrogen and oxygen atoms in total. The third-order valence-electron chi connectivity index (χ3n) is 4.92. The number of nitrogens with zero attached hydrogens (tertiary/aromatic N) is 1.